The minimum absolute atomic E-state index is 0.146. The quantitative estimate of drug-likeness (QED) is 0.375. The lowest BCUT2D eigenvalue weighted by atomic mass is 9.96. The van der Waals surface area contributed by atoms with Crippen molar-refractivity contribution in [3.8, 4) is 0 Å². The van der Waals surface area contributed by atoms with Gasteiger partial charge in [-0.1, -0.05) is 17.7 Å². The van der Waals surface area contributed by atoms with E-state index in [1.165, 1.54) is 0 Å². The maximum absolute atomic E-state index is 12.2. The predicted octanol–water partition coefficient (Wildman–Crippen LogP) is 3.65. The Bertz CT molecular complexity index is 906. The number of aryl methyl sites for hydroxylation is 3. The highest BCUT2D eigenvalue weighted by Gasteiger charge is 2.27. The summed E-state index contributed by atoms with van der Waals surface area (Å²) in [5, 5.41) is 20.4. The van der Waals surface area contributed by atoms with Crippen LogP contribution in [0.1, 0.15) is 42.9 Å². The molecule has 0 fully saturated rings. The molecule has 0 saturated carbocycles. The Balaban J connectivity index is 1.91. The monoisotopic (exact) mass is 434 g/mol. The number of nitrogens with one attached hydrogen (secondary N) is 3. The van der Waals surface area contributed by atoms with Gasteiger partial charge in [0, 0.05) is 25.1 Å². The fourth-order valence-electron chi connectivity index (χ4n) is 3.05. The van der Waals surface area contributed by atoms with Crippen molar-refractivity contribution in [3.63, 3.8) is 0 Å². The topological polar surface area (TPSA) is 98.9 Å². The number of nitrogens with zero attached hydrogens (tertiary/aromatic N) is 1. The van der Waals surface area contributed by atoms with E-state index in [2.05, 4.69) is 20.9 Å². The summed E-state index contributed by atoms with van der Waals surface area (Å²) in [5.41, 5.74) is 1.18. The van der Waals surface area contributed by atoms with Crippen LogP contribution in [0.2, 0.25) is 5.02 Å². The Morgan fingerprint density at radius 1 is 1.23 bits per heavy atom. The second-order valence-corrected chi connectivity index (χ2v) is 7.91. The van der Waals surface area contributed by atoms with E-state index in [4.69, 9.17) is 16.0 Å². The third-order valence-electron chi connectivity index (χ3n) is 4.55. The standard InChI is InChI=1S/C22H31ClN4O3/c1-6-24-21(26-13-22(5,29)17-12-15(3)30-16(17)4)25-10-9-20(28)27-19-8-7-14(2)11-18(19)23/h7-8,11-12,29H,6,9-10,13H2,1-5H3,(H,27,28)(H2,24,25,26). The van der Waals surface area contributed by atoms with Gasteiger partial charge >= 0.3 is 0 Å². The zero-order chi connectivity index (χ0) is 22.3. The second-order valence-electron chi connectivity index (χ2n) is 7.50. The molecule has 1 heterocycles. The zero-order valence-corrected chi connectivity index (χ0v) is 19.0. The average Bonchev–Trinajstić information content (AvgIpc) is 3.01. The van der Waals surface area contributed by atoms with Crippen molar-refractivity contribution in [2.45, 2.75) is 46.6 Å². The van der Waals surface area contributed by atoms with Crippen molar-refractivity contribution < 1.29 is 14.3 Å². The molecule has 8 heteroatoms. The van der Waals surface area contributed by atoms with Crippen LogP contribution in [0.4, 0.5) is 5.69 Å². The number of benzene rings is 1. The van der Waals surface area contributed by atoms with Gasteiger partial charge in [0.25, 0.3) is 0 Å². The molecule has 2 aromatic rings. The number of furan rings is 1. The zero-order valence-electron chi connectivity index (χ0n) is 18.2. The SMILES string of the molecule is CCNC(=NCC(C)(O)c1cc(C)oc1C)NCCC(=O)Nc1ccc(C)cc1Cl. The number of carbonyl (C=O) groups excluding carboxylic acids is 1. The predicted molar refractivity (Wildman–Crippen MR) is 121 cm³/mol. The van der Waals surface area contributed by atoms with Crippen LogP contribution < -0.4 is 16.0 Å². The number of aliphatic imine (C=N–C) groups is 1. The van der Waals surface area contributed by atoms with Gasteiger partial charge in [0.1, 0.15) is 17.1 Å². The number of amides is 1. The lowest BCUT2D eigenvalue weighted by molar-refractivity contribution is -0.116. The van der Waals surface area contributed by atoms with E-state index < -0.39 is 5.60 Å². The van der Waals surface area contributed by atoms with Gasteiger partial charge in [-0.3, -0.25) is 4.79 Å². The molecular formula is C22H31ClN4O3. The first-order valence-electron chi connectivity index (χ1n) is 10.0. The van der Waals surface area contributed by atoms with E-state index in [-0.39, 0.29) is 18.9 Å². The highest BCUT2D eigenvalue weighted by Crippen LogP contribution is 2.27. The van der Waals surface area contributed by atoms with Crippen molar-refractivity contribution >= 4 is 29.2 Å². The van der Waals surface area contributed by atoms with Gasteiger partial charge in [0.2, 0.25) is 5.91 Å². The summed E-state index contributed by atoms with van der Waals surface area (Å²) in [7, 11) is 0. The van der Waals surface area contributed by atoms with Crippen molar-refractivity contribution in [1.82, 2.24) is 10.6 Å². The fourth-order valence-corrected chi connectivity index (χ4v) is 3.34. The minimum Gasteiger partial charge on any atom is -0.466 e. The van der Waals surface area contributed by atoms with Crippen LogP contribution in [0, 0.1) is 20.8 Å². The third kappa shape index (κ3) is 6.78. The third-order valence-corrected chi connectivity index (χ3v) is 4.87. The van der Waals surface area contributed by atoms with Gasteiger partial charge in [0.15, 0.2) is 5.96 Å². The van der Waals surface area contributed by atoms with E-state index in [1.54, 1.807) is 19.1 Å². The number of aliphatic hydroxyl groups is 1. The van der Waals surface area contributed by atoms with Gasteiger partial charge in [-0.25, -0.2) is 4.99 Å². The molecule has 0 radical (unpaired) electrons. The molecule has 1 aromatic heterocycles. The van der Waals surface area contributed by atoms with E-state index in [9.17, 15) is 9.90 Å². The fraction of sp³-hybridized carbons (Fsp3) is 0.455. The highest BCUT2D eigenvalue weighted by atomic mass is 35.5. The summed E-state index contributed by atoms with van der Waals surface area (Å²) < 4.78 is 5.52. The number of guanidine groups is 1. The van der Waals surface area contributed by atoms with E-state index in [0.717, 1.165) is 11.3 Å². The summed E-state index contributed by atoms with van der Waals surface area (Å²) in [6.07, 6.45) is 0.241. The summed E-state index contributed by atoms with van der Waals surface area (Å²) >= 11 is 6.16. The Morgan fingerprint density at radius 3 is 2.57 bits per heavy atom. The summed E-state index contributed by atoms with van der Waals surface area (Å²) in [6.45, 7) is 10.4. The lowest BCUT2D eigenvalue weighted by Gasteiger charge is -2.21. The smallest absolute Gasteiger partial charge is 0.226 e. The molecule has 0 bridgehead atoms. The van der Waals surface area contributed by atoms with Gasteiger partial charge in [-0.2, -0.15) is 0 Å². The van der Waals surface area contributed by atoms with Crippen molar-refractivity contribution in [2.24, 2.45) is 4.99 Å². The van der Waals surface area contributed by atoms with Crippen LogP contribution in [-0.4, -0.2) is 36.6 Å². The molecular weight excluding hydrogens is 404 g/mol. The first kappa shape index (κ1) is 23.8. The first-order valence-corrected chi connectivity index (χ1v) is 10.4. The molecule has 0 saturated heterocycles. The molecule has 1 unspecified atom stereocenters. The van der Waals surface area contributed by atoms with Crippen molar-refractivity contribution in [1.29, 1.82) is 0 Å². The molecule has 4 N–H and O–H groups in total. The number of rotatable bonds is 8. The molecule has 1 atom stereocenters. The van der Waals surface area contributed by atoms with Gasteiger partial charge in [0.05, 0.1) is 17.3 Å². The van der Waals surface area contributed by atoms with Crippen LogP contribution in [0.15, 0.2) is 33.7 Å². The summed E-state index contributed by atoms with van der Waals surface area (Å²) in [4.78, 5) is 16.7. The number of hydrogen-bond acceptors (Lipinski definition) is 4. The normalized spacial score (nSPS) is 13.6. The van der Waals surface area contributed by atoms with Crippen LogP contribution in [0.3, 0.4) is 0 Å². The van der Waals surface area contributed by atoms with Crippen molar-refractivity contribution in [3.05, 3.63) is 51.9 Å². The first-order chi connectivity index (χ1) is 14.1. The molecule has 1 amide bonds. The second kappa shape index (κ2) is 10.5. The van der Waals surface area contributed by atoms with Crippen LogP contribution in [-0.2, 0) is 10.4 Å². The average molecular weight is 435 g/mol. The summed E-state index contributed by atoms with van der Waals surface area (Å²) in [5.74, 6) is 1.80. The lowest BCUT2D eigenvalue weighted by Crippen LogP contribution is -2.40. The number of hydrogen-bond donors (Lipinski definition) is 4. The Labute approximate surface area is 182 Å². The maximum atomic E-state index is 12.2. The maximum Gasteiger partial charge on any atom is 0.226 e. The molecule has 1 aromatic carbocycles. The Morgan fingerprint density at radius 2 is 1.97 bits per heavy atom. The van der Waals surface area contributed by atoms with Crippen LogP contribution in [0.5, 0.6) is 0 Å². The molecule has 0 aliphatic heterocycles. The van der Waals surface area contributed by atoms with Crippen LogP contribution >= 0.6 is 11.6 Å². The van der Waals surface area contributed by atoms with Gasteiger partial charge in [-0.05, 0) is 58.4 Å². The molecule has 164 valence electrons. The van der Waals surface area contributed by atoms with E-state index in [1.807, 2.05) is 39.8 Å². The summed E-state index contributed by atoms with van der Waals surface area (Å²) in [6, 6.07) is 7.31. The van der Waals surface area contributed by atoms with Gasteiger partial charge in [-0.15, -0.1) is 0 Å². The van der Waals surface area contributed by atoms with Crippen molar-refractivity contribution in [2.75, 3.05) is 25.0 Å². The Hall–Kier alpha value is -2.51. The Kier molecular flexibility index (Phi) is 8.32. The number of carbonyl (C=O) groups is 1. The molecule has 2 rings (SSSR count). The van der Waals surface area contributed by atoms with Gasteiger partial charge < -0.3 is 25.5 Å². The number of anilines is 1. The molecule has 0 spiro atoms. The van der Waals surface area contributed by atoms with E-state index >= 15 is 0 Å². The number of halogens is 1. The van der Waals surface area contributed by atoms with E-state index in [0.29, 0.717) is 41.1 Å². The van der Waals surface area contributed by atoms with Crippen LogP contribution in [0.25, 0.3) is 0 Å². The molecule has 7 nitrogen and oxygen atoms in total. The molecule has 30 heavy (non-hydrogen) atoms. The molecule has 0 aliphatic carbocycles. The largest absolute Gasteiger partial charge is 0.466 e. The highest BCUT2D eigenvalue weighted by molar-refractivity contribution is 6.33. The molecule has 0 aliphatic rings. The minimum atomic E-state index is -1.16.